The minimum atomic E-state index is -0.749. The Hall–Kier alpha value is -3.46. The Morgan fingerprint density at radius 1 is 1.16 bits per heavy atom. The quantitative estimate of drug-likeness (QED) is 0.557. The van der Waals surface area contributed by atoms with E-state index < -0.39 is 6.17 Å². The van der Waals surface area contributed by atoms with Gasteiger partial charge >= 0.3 is 6.01 Å². The molecule has 1 atom stereocenters. The molecule has 1 aromatic carbocycles. The minimum absolute atomic E-state index is 0.0710. The van der Waals surface area contributed by atoms with E-state index in [2.05, 4.69) is 41.8 Å². The molecule has 196 valence electrons. The van der Waals surface area contributed by atoms with E-state index in [9.17, 15) is 9.18 Å². The van der Waals surface area contributed by atoms with Gasteiger partial charge < -0.3 is 19.4 Å². The van der Waals surface area contributed by atoms with Gasteiger partial charge in [0.15, 0.2) is 0 Å². The van der Waals surface area contributed by atoms with Crippen molar-refractivity contribution in [2.75, 3.05) is 56.2 Å². The first kappa shape index (κ1) is 25.2. The number of nitrogens with zero attached hydrogens (tertiary/aromatic N) is 6. The van der Waals surface area contributed by atoms with Crippen LogP contribution >= 0.6 is 0 Å². The third-order valence-corrected chi connectivity index (χ3v) is 7.52. The summed E-state index contributed by atoms with van der Waals surface area (Å²) in [7, 11) is 1.59. The van der Waals surface area contributed by atoms with E-state index in [-0.39, 0.29) is 5.91 Å². The first-order valence-corrected chi connectivity index (χ1v) is 13.0. The fourth-order valence-corrected chi connectivity index (χ4v) is 5.24. The first-order valence-electron chi connectivity index (χ1n) is 13.0. The van der Waals surface area contributed by atoms with Crippen molar-refractivity contribution in [1.29, 1.82) is 0 Å². The SMILES string of the molecule is COc1nc2c(c(N3C=CN(C(=O)/C=C/CN4CCC(F)C4)CC3)n1)CCN(c1cccc(C)c1C)C2. The molecule has 37 heavy (non-hydrogen) atoms. The molecule has 1 aromatic heterocycles. The van der Waals surface area contributed by atoms with E-state index in [0.717, 1.165) is 36.6 Å². The van der Waals surface area contributed by atoms with Crippen LogP contribution in [0.1, 0.15) is 28.8 Å². The number of fused-ring (bicyclic) bond motifs is 1. The lowest BCUT2D eigenvalue weighted by Gasteiger charge is -2.35. The molecule has 1 unspecified atom stereocenters. The predicted molar refractivity (Wildman–Crippen MR) is 143 cm³/mol. The maximum atomic E-state index is 13.3. The highest BCUT2D eigenvalue weighted by Crippen LogP contribution is 2.33. The van der Waals surface area contributed by atoms with Gasteiger partial charge in [-0.15, -0.1) is 0 Å². The van der Waals surface area contributed by atoms with Gasteiger partial charge in [0.2, 0.25) is 5.91 Å². The fraction of sp³-hybridized carbons (Fsp3) is 0.464. The van der Waals surface area contributed by atoms with Crippen LogP contribution in [-0.2, 0) is 17.8 Å². The van der Waals surface area contributed by atoms with Gasteiger partial charge in [0.1, 0.15) is 12.0 Å². The van der Waals surface area contributed by atoms with Crippen molar-refractivity contribution in [2.24, 2.45) is 0 Å². The van der Waals surface area contributed by atoms with Gasteiger partial charge in [0.05, 0.1) is 19.3 Å². The number of carbonyl (C=O) groups excluding carboxylic acids is 1. The van der Waals surface area contributed by atoms with Crippen LogP contribution in [0.5, 0.6) is 6.01 Å². The smallest absolute Gasteiger partial charge is 0.318 e. The number of aromatic nitrogens is 2. The van der Waals surface area contributed by atoms with Crippen LogP contribution in [0.3, 0.4) is 0 Å². The summed E-state index contributed by atoms with van der Waals surface area (Å²) in [6.45, 7) is 8.84. The summed E-state index contributed by atoms with van der Waals surface area (Å²) in [6, 6.07) is 6.76. The summed E-state index contributed by atoms with van der Waals surface area (Å²) in [5.74, 6) is 0.773. The Morgan fingerprint density at radius 2 is 2.03 bits per heavy atom. The number of methoxy groups -OCH3 is 1. The van der Waals surface area contributed by atoms with Crippen molar-refractivity contribution >= 4 is 17.4 Å². The molecule has 0 spiro atoms. The van der Waals surface area contributed by atoms with E-state index in [1.54, 1.807) is 24.3 Å². The van der Waals surface area contributed by atoms with E-state index in [1.165, 1.54) is 16.8 Å². The molecular weight excluding hydrogens is 471 g/mol. The van der Waals surface area contributed by atoms with E-state index >= 15 is 0 Å². The average Bonchev–Trinajstić information content (AvgIpc) is 3.34. The van der Waals surface area contributed by atoms with Crippen molar-refractivity contribution < 1.29 is 13.9 Å². The van der Waals surface area contributed by atoms with E-state index in [4.69, 9.17) is 14.7 Å². The molecule has 0 radical (unpaired) electrons. The maximum Gasteiger partial charge on any atom is 0.318 e. The number of carbonyl (C=O) groups is 1. The number of anilines is 2. The number of hydrogen-bond donors (Lipinski definition) is 0. The van der Waals surface area contributed by atoms with Crippen LogP contribution in [0.15, 0.2) is 42.8 Å². The average molecular weight is 507 g/mol. The van der Waals surface area contributed by atoms with Crippen LogP contribution in [0.4, 0.5) is 15.9 Å². The summed E-state index contributed by atoms with van der Waals surface area (Å²) < 4.78 is 18.8. The van der Waals surface area contributed by atoms with Crippen LogP contribution in [0.25, 0.3) is 0 Å². The third kappa shape index (κ3) is 5.46. The van der Waals surface area contributed by atoms with Crippen LogP contribution in [-0.4, -0.2) is 78.2 Å². The van der Waals surface area contributed by atoms with Gasteiger partial charge in [0.25, 0.3) is 0 Å². The summed E-state index contributed by atoms with van der Waals surface area (Å²) >= 11 is 0. The predicted octanol–water partition coefficient (Wildman–Crippen LogP) is 3.38. The number of rotatable bonds is 6. The van der Waals surface area contributed by atoms with Crippen molar-refractivity contribution in [3.63, 3.8) is 0 Å². The Kier molecular flexibility index (Phi) is 7.41. The second-order valence-corrected chi connectivity index (χ2v) is 9.92. The third-order valence-electron chi connectivity index (χ3n) is 7.52. The van der Waals surface area contributed by atoms with Crippen molar-refractivity contribution in [3.8, 4) is 6.01 Å². The van der Waals surface area contributed by atoms with E-state index in [0.29, 0.717) is 45.2 Å². The summed E-state index contributed by atoms with van der Waals surface area (Å²) in [5, 5.41) is 0. The zero-order valence-corrected chi connectivity index (χ0v) is 21.9. The Morgan fingerprint density at radius 3 is 2.76 bits per heavy atom. The van der Waals surface area contributed by atoms with Gasteiger partial charge in [-0.3, -0.25) is 9.69 Å². The number of ether oxygens (including phenoxy) is 1. The monoisotopic (exact) mass is 506 g/mol. The highest BCUT2D eigenvalue weighted by molar-refractivity contribution is 5.88. The summed E-state index contributed by atoms with van der Waals surface area (Å²) in [5.41, 5.74) is 5.90. The standard InChI is InChI=1S/C28H35FN6O2/c1-20-6-4-7-25(21(20)2)35-13-10-23-24(19-35)30-28(37-3)31-27(23)34-16-14-33(15-17-34)26(36)8-5-11-32-12-9-22(29)18-32/h4-8,14,16,22H,9-13,15,17-19H2,1-3H3/b8-5+. The van der Waals surface area contributed by atoms with Crippen molar-refractivity contribution in [1.82, 2.24) is 19.8 Å². The van der Waals surface area contributed by atoms with Gasteiger partial charge in [-0.05, 0) is 43.9 Å². The van der Waals surface area contributed by atoms with Gasteiger partial charge in [-0.25, -0.2) is 4.39 Å². The molecule has 1 saturated heterocycles. The molecule has 8 nitrogen and oxygen atoms in total. The minimum Gasteiger partial charge on any atom is -0.467 e. The molecule has 3 aliphatic heterocycles. The van der Waals surface area contributed by atoms with Crippen molar-refractivity contribution in [2.45, 2.75) is 39.4 Å². The molecule has 4 heterocycles. The number of benzene rings is 1. The molecule has 0 saturated carbocycles. The molecule has 1 fully saturated rings. The zero-order valence-electron chi connectivity index (χ0n) is 21.9. The number of amides is 1. The number of hydrogen-bond acceptors (Lipinski definition) is 7. The lowest BCUT2D eigenvalue weighted by atomic mass is 10.0. The summed E-state index contributed by atoms with van der Waals surface area (Å²) in [4.78, 5) is 30.2. The molecule has 0 bridgehead atoms. The molecule has 9 heteroatoms. The molecular formula is C28H35FN6O2. The van der Waals surface area contributed by atoms with Crippen molar-refractivity contribution in [3.05, 3.63) is 65.1 Å². The Labute approximate surface area is 218 Å². The van der Waals surface area contributed by atoms with Crippen LogP contribution < -0.4 is 14.5 Å². The molecule has 1 amide bonds. The second kappa shape index (κ2) is 10.9. The largest absolute Gasteiger partial charge is 0.467 e. The van der Waals surface area contributed by atoms with Gasteiger partial charge in [-0.2, -0.15) is 9.97 Å². The van der Waals surface area contributed by atoms with Gasteiger partial charge in [-0.1, -0.05) is 18.2 Å². The normalized spacial score (nSPS) is 20.1. The van der Waals surface area contributed by atoms with Crippen LogP contribution in [0.2, 0.25) is 0 Å². The molecule has 0 aliphatic carbocycles. The zero-order chi connectivity index (χ0) is 25.9. The number of halogens is 1. The van der Waals surface area contributed by atoms with E-state index in [1.807, 2.05) is 17.2 Å². The lowest BCUT2D eigenvalue weighted by molar-refractivity contribution is -0.123. The highest BCUT2D eigenvalue weighted by Gasteiger charge is 2.27. The summed E-state index contributed by atoms with van der Waals surface area (Å²) in [6.07, 6.45) is 7.78. The fourth-order valence-electron chi connectivity index (χ4n) is 5.24. The molecule has 0 N–H and O–H groups in total. The highest BCUT2D eigenvalue weighted by atomic mass is 19.1. The topological polar surface area (TPSA) is 65.0 Å². The number of alkyl halides is 1. The maximum absolute atomic E-state index is 13.3. The first-order chi connectivity index (χ1) is 17.9. The van der Waals surface area contributed by atoms with Crippen LogP contribution in [0, 0.1) is 13.8 Å². The number of aryl methyl sites for hydroxylation is 1. The number of likely N-dealkylation sites (tertiary alicyclic amines) is 1. The second-order valence-electron chi connectivity index (χ2n) is 9.92. The van der Waals surface area contributed by atoms with Gasteiger partial charge in [0, 0.05) is 69.0 Å². The molecule has 2 aromatic rings. The Bertz CT molecular complexity index is 1220. The molecule has 5 rings (SSSR count). The lowest BCUT2D eigenvalue weighted by Crippen LogP contribution is -2.39. The Balaban J connectivity index is 1.29. The molecule has 3 aliphatic rings.